The van der Waals surface area contributed by atoms with Gasteiger partial charge in [-0.25, -0.2) is 4.79 Å². The van der Waals surface area contributed by atoms with Gasteiger partial charge in [0, 0.05) is 4.47 Å². The Kier molecular flexibility index (Phi) is 3.33. The van der Waals surface area contributed by atoms with Crippen LogP contribution in [0.25, 0.3) is 11.1 Å². The Morgan fingerprint density at radius 3 is 3.00 bits per heavy atom. The molecular weight excluding hydrogens is 290 g/mol. The van der Waals surface area contributed by atoms with Crippen LogP contribution in [0.5, 0.6) is 0 Å². The number of esters is 1. The fourth-order valence-electron chi connectivity index (χ4n) is 1.53. The predicted octanol–water partition coefficient (Wildman–Crippen LogP) is 1.92. The molecule has 0 saturated carbocycles. The average molecular weight is 300 g/mol. The number of benzene rings is 1. The first-order valence-corrected chi connectivity index (χ1v) is 5.85. The molecule has 0 bridgehead atoms. The molecule has 0 aliphatic rings. The zero-order valence-electron chi connectivity index (χ0n) is 9.10. The van der Waals surface area contributed by atoms with Gasteiger partial charge >= 0.3 is 11.7 Å². The second-order valence-corrected chi connectivity index (χ2v) is 4.29. The lowest BCUT2D eigenvalue weighted by Gasteiger charge is -2.02. The van der Waals surface area contributed by atoms with Crippen molar-refractivity contribution in [2.75, 3.05) is 6.61 Å². The Labute approximate surface area is 105 Å². The number of hydrogen-bond acceptors (Lipinski definition) is 4. The molecule has 0 aliphatic carbocycles. The third-order valence-electron chi connectivity index (χ3n) is 2.22. The number of aromatic nitrogens is 1. The van der Waals surface area contributed by atoms with Gasteiger partial charge in [0.15, 0.2) is 5.58 Å². The van der Waals surface area contributed by atoms with Gasteiger partial charge in [-0.3, -0.25) is 9.36 Å². The molecule has 0 saturated heterocycles. The topological polar surface area (TPSA) is 61.4 Å². The molecule has 0 amide bonds. The molecule has 0 radical (unpaired) electrons. The summed E-state index contributed by atoms with van der Waals surface area (Å²) in [5.41, 5.74) is 1.01. The van der Waals surface area contributed by atoms with E-state index in [4.69, 9.17) is 9.15 Å². The Morgan fingerprint density at radius 1 is 1.53 bits per heavy atom. The zero-order chi connectivity index (χ0) is 12.4. The van der Waals surface area contributed by atoms with Gasteiger partial charge in [-0.15, -0.1) is 0 Å². The highest BCUT2D eigenvalue weighted by Gasteiger charge is 2.13. The highest BCUT2D eigenvalue weighted by molar-refractivity contribution is 9.10. The number of rotatable bonds is 3. The van der Waals surface area contributed by atoms with Crippen LogP contribution in [-0.2, 0) is 16.1 Å². The summed E-state index contributed by atoms with van der Waals surface area (Å²) in [4.78, 5) is 22.9. The Morgan fingerprint density at radius 2 is 2.29 bits per heavy atom. The molecule has 2 aromatic rings. The minimum Gasteiger partial charge on any atom is -0.465 e. The number of ether oxygens (including phenoxy) is 1. The van der Waals surface area contributed by atoms with Crippen molar-refractivity contribution in [2.24, 2.45) is 0 Å². The van der Waals surface area contributed by atoms with Crippen molar-refractivity contribution >= 4 is 33.0 Å². The molecule has 1 heterocycles. The van der Waals surface area contributed by atoms with Crippen molar-refractivity contribution in [1.29, 1.82) is 0 Å². The summed E-state index contributed by atoms with van der Waals surface area (Å²) in [5, 5.41) is 0. The van der Waals surface area contributed by atoms with Crippen LogP contribution in [0.4, 0.5) is 0 Å². The maximum atomic E-state index is 11.6. The second-order valence-electron chi connectivity index (χ2n) is 3.37. The Hall–Kier alpha value is -1.56. The van der Waals surface area contributed by atoms with Gasteiger partial charge in [-0.1, -0.05) is 15.9 Å². The summed E-state index contributed by atoms with van der Waals surface area (Å²) in [7, 11) is 0. The van der Waals surface area contributed by atoms with E-state index in [0.717, 1.165) is 4.47 Å². The van der Waals surface area contributed by atoms with Crippen LogP contribution in [0.3, 0.4) is 0 Å². The van der Waals surface area contributed by atoms with E-state index in [1.165, 1.54) is 4.57 Å². The molecule has 1 aromatic carbocycles. The van der Waals surface area contributed by atoms with Crippen molar-refractivity contribution in [3.05, 3.63) is 33.2 Å². The lowest BCUT2D eigenvalue weighted by atomic mass is 10.3. The van der Waals surface area contributed by atoms with Crippen LogP contribution in [0.2, 0.25) is 0 Å². The first-order chi connectivity index (χ1) is 8.11. The normalized spacial score (nSPS) is 10.7. The molecule has 0 unspecified atom stereocenters. The molecule has 0 N–H and O–H groups in total. The summed E-state index contributed by atoms with van der Waals surface area (Å²) in [5.74, 6) is -1.02. The fraction of sp³-hybridized carbons (Fsp3) is 0.273. The summed E-state index contributed by atoms with van der Waals surface area (Å²) in [6.07, 6.45) is 0. The smallest absolute Gasteiger partial charge is 0.420 e. The molecule has 17 heavy (non-hydrogen) atoms. The van der Waals surface area contributed by atoms with Gasteiger partial charge in [-0.2, -0.15) is 0 Å². The quantitative estimate of drug-likeness (QED) is 0.813. The molecule has 90 valence electrons. The zero-order valence-corrected chi connectivity index (χ0v) is 10.7. The number of oxazole rings is 1. The van der Waals surface area contributed by atoms with Gasteiger partial charge < -0.3 is 9.15 Å². The minimum atomic E-state index is -0.564. The second kappa shape index (κ2) is 4.75. The third-order valence-corrected chi connectivity index (χ3v) is 2.72. The molecule has 6 heteroatoms. The van der Waals surface area contributed by atoms with E-state index in [9.17, 15) is 9.59 Å². The minimum absolute atomic E-state index is 0.138. The van der Waals surface area contributed by atoms with Crippen LogP contribution in [-0.4, -0.2) is 17.1 Å². The van der Waals surface area contributed by atoms with Crippen LogP contribution < -0.4 is 5.76 Å². The number of carbonyl (C=O) groups is 1. The van der Waals surface area contributed by atoms with Crippen molar-refractivity contribution in [3.63, 3.8) is 0 Å². The average Bonchev–Trinajstić information content (AvgIpc) is 2.55. The van der Waals surface area contributed by atoms with Crippen molar-refractivity contribution in [2.45, 2.75) is 13.5 Å². The van der Waals surface area contributed by atoms with Crippen LogP contribution in [0, 0.1) is 0 Å². The first kappa shape index (κ1) is 11.9. The highest BCUT2D eigenvalue weighted by Crippen LogP contribution is 2.18. The first-order valence-electron chi connectivity index (χ1n) is 5.06. The van der Waals surface area contributed by atoms with Gasteiger partial charge in [0.1, 0.15) is 6.54 Å². The summed E-state index contributed by atoms with van der Waals surface area (Å²) in [6, 6.07) is 5.17. The molecule has 0 fully saturated rings. The summed E-state index contributed by atoms with van der Waals surface area (Å²) in [6.45, 7) is 1.86. The van der Waals surface area contributed by atoms with E-state index in [1.807, 2.05) is 0 Å². The molecule has 0 atom stereocenters. The van der Waals surface area contributed by atoms with E-state index in [0.29, 0.717) is 11.1 Å². The van der Waals surface area contributed by atoms with Crippen molar-refractivity contribution in [1.82, 2.24) is 4.57 Å². The van der Waals surface area contributed by atoms with E-state index in [2.05, 4.69) is 15.9 Å². The Bertz CT molecular complexity index is 613. The van der Waals surface area contributed by atoms with E-state index >= 15 is 0 Å². The van der Waals surface area contributed by atoms with Crippen molar-refractivity contribution in [3.8, 4) is 0 Å². The van der Waals surface area contributed by atoms with Crippen molar-refractivity contribution < 1.29 is 13.9 Å². The van der Waals surface area contributed by atoms with Gasteiger partial charge in [-0.05, 0) is 25.1 Å². The van der Waals surface area contributed by atoms with E-state index in [-0.39, 0.29) is 13.2 Å². The summed E-state index contributed by atoms with van der Waals surface area (Å²) < 4.78 is 11.9. The van der Waals surface area contributed by atoms with Gasteiger partial charge in [0.25, 0.3) is 0 Å². The van der Waals surface area contributed by atoms with Crippen LogP contribution in [0.1, 0.15) is 6.92 Å². The molecule has 5 nitrogen and oxygen atoms in total. The molecular formula is C11H10BrNO4. The SMILES string of the molecule is CCOC(=O)Cn1c(=O)oc2cc(Br)ccc21. The molecule has 0 spiro atoms. The van der Waals surface area contributed by atoms with Crippen LogP contribution in [0.15, 0.2) is 31.9 Å². The number of carbonyl (C=O) groups excluding carboxylic acids is 1. The maximum absolute atomic E-state index is 11.6. The van der Waals surface area contributed by atoms with Crippen LogP contribution >= 0.6 is 15.9 Å². The monoisotopic (exact) mass is 299 g/mol. The standard InChI is InChI=1S/C11H10BrNO4/c1-2-16-10(14)6-13-8-4-3-7(12)5-9(8)17-11(13)15/h3-5H,2,6H2,1H3. The predicted molar refractivity (Wildman–Crippen MR) is 64.8 cm³/mol. The molecule has 1 aromatic heterocycles. The number of hydrogen-bond donors (Lipinski definition) is 0. The van der Waals surface area contributed by atoms with E-state index < -0.39 is 11.7 Å². The lowest BCUT2D eigenvalue weighted by molar-refractivity contribution is -0.143. The fourth-order valence-corrected chi connectivity index (χ4v) is 1.87. The lowest BCUT2D eigenvalue weighted by Crippen LogP contribution is -2.21. The molecule has 2 rings (SSSR count). The van der Waals surface area contributed by atoms with Gasteiger partial charge in [0.2, 0.25) is 0 Å². The van der Waals surface area contributed by atoms with Gasteiger partial charge in [0.05, 0.1) is 12.1 Å². The van der Waals surface area contributed by atoms with E-state index in [1.54, 1.807) is 25.1 Å². The number of nitrogens with zero attached hydrogens (tertiary/aromatic N) is 1. The summed E-state index contributed by atoms with van der Waals surface area (Å²) >= 11 is 3.28. The maximum Gasteiger partial charge on any atom is 0.420 e. The number of halogens is 1. The molecule has 0 aliphatic heterocycles. The number of fused-ring (bicyclic) bond motifs is 1. The largest absolute Gasteiger partial charge is 0.465 e. The third kappa shape index (κ3) is 2.41. The Balaban J connectivity index is 2.43. The highest BCUT2D eigenvalue weighted by atomic mass is 79.9.